The molecule has 0 aromatic rings. The third-order valence-corrected chi connectivity index (χ3v) is 14.6. The summed E-state index contributed by atoms with van der Waals surface area (Å²) in [4.78, 5) is 37.8. The van der Waals surface area contributed by atoms with E-state index >= 15 is 0 Å². The summed E-state index contributed by atoms with van der Waals surface area (Å²) >= 11 is 0. The Hall–Kier alpha value is -3.85. The Labute approximate surface area is 498 Å². The molecule has 81 heavy (non-hydrogen) atoms. The first-order valence-corrected chi connectivity index (χ1v) is 34.0. The molecule has 1 amide bonds. The Bertz CT molecular complexity index is 1850. The lowest BCUT2D eigenvalue weighted by Gasteiger charge is -2.27. The maximum atomic E-state index is 13.6. The highest BCUT2D eigenvalue weighted by molar-refractivity contribution is 7.47. The van der Waals surface area contributed by atoms with Crippen molar-refractivity contribution in [1.82, 2.24) is 5.32 Å². The highest BCUT2D eigenvalue weighted by atomic mass is 31.2. The number of hydrogen-bond acceptors (Lipinski definition) is 6. The number of phosphoric ester groups is 1. The van der Waals surface area contributed by atoms with Gasteiger partial charge in [-0.2, -0.15) is 0 Å². The standard InChI is InChI=1S/C71H121N2O7P/c1-7-10-13-16-19-22-25-27-29-31-33-34-35-36-37-38-40-41-43-45-48-51-54-57-60-63-70(74)72-68(67-79-81(76,77)78-66-65-73(4,5)6)69(62-59-56-53-50-47-24-21-18-15-12-9-3)80-71(75)64-61-58-55-52-49-46-44-42-39-32-30-28-26-23-20-17-14-11-8-2/h10-11,13-14,19-20,22-23,27-30,33-34,36-37,39,42,46,49,59,62,68-69H,7-9,12,15-18,21,24-26,31-32,35,38,40-41,43-45,47-48,50-58,60-61,63-67H2,1-6H3,(H-,72,74,76,77)/p+1/b13-10-,14-11-,22-19-,23-20-,29-27-,30-28-,34-33-,37-36-,42-39-,49-46-,62-59-. The quantitative estimate of drug-likeness (QED) is 0.0205. The SMILES string of the molecule is CC/C=C\C/C=C\C/C=C\C/C=C\C/C=C\CCCCCCCCCCCC(=O)NC(COP(=O)(O)OCC[N+](C)(C)C)C(/C=C\CCCCCCCCCCC)OC(=O)CCCCC/C=C\C/C=C\C/C=C\C/C=C\C/C=C\CC. The van der Waals surface area contributed by atoms with Gasteiger partial charge < -0.3 is 19.4 Å². The summed E-state index contributed by atoms with van der Waals surface area (Å²) in [6, 6.07) is -0.875. The van der Waals surface area contributed by atoms with Crippen LogP contribution in [0, 0.1) is 0 Å². The maximum absolute atomic E-state index is 13.6. The summed E-state index contributed by atoms with van der Waals surface area (Å²) in [7, 11) is 1.45. The van der Waals surface area contributed by atoms with Crippen molar-refractivity contribution < 1.29 is 37.3 Å². The molecule has 0 aromatic heterocycles. The average molecular weight is 1150 g/mol. The predicted octanol–water partition coefficient (Wildman–Crippen LogP) is 20.4. The molecule has 0 spiro atoms. The van der Waals surface area contributed by atoms with E-state index in [1.54, 1.807) is 0 Å². The molecule has 0 heterocycles. The van der Waals surface area contributed by atoms with Gasteiger partial charge in [0.05, 0.1) is 33.8 Å². The van der Waals surface area contributed by atoms with Gasteiger partial charge in [-0.25, -0.2) is 4.57 Å². The van der Waals surface area contributed by atoms with Gasteiger partial charge in [-0.3, -0.25) is 18.6 Å². The van der Waals surface area contributed by atoms with Crippen LogP contribution in [0.2, 0.25) is 0 Å². The molecule has 0 aliphatic heterocycles. The van der Waals surface area contributed by atoms with Gasteiger partial charge in [-0.05, 0) is 122 Å². The highest BCUT2D eigenvalue weighted by Crippen LogP contribution is 2.43. The number of carbonyl (C=O) groups excluding carboxylic acids is 2. The smallest absolute Gasteiger partial charge is 0.456 e. The zero-order chi connectivity index (χ0) is 59.3. The van der Waals surface area contributed by atoms with Crippen molar-refractivity contribution >= 4 is 19.7 Å². The van der Waals surface area contributed by atoms with Gasteiger partial charge in [0.1, 0.15) is 19.3 Å². The first-order valence-electron chi connectivity index (χ1n) is 32.5. The number of likely N-dealkylation sites (N-methyl/N-ethyl adjacent to an activating group) is 1. The second-order valence-electron chi connectivity index (χ2n) is 22.5. The monoisotopic (exact) mass is 1150 g/mol. The van der Waals surface area contributed by atoms with Crippen LogP contribution in [-0.2, 0) is 27.9 Å². The summed E-state index contributed by atoms with van der Waals surface area (Å²) in [5.74, 6) is -0.559. The van der Waals surface area contributed by atoms with Crippen molar-refractivity contribution in [3.8, 4) is 0 Å². The van der Waals surface area contributed by atoms with Crippen molar-refractivity contribution in [2.45, 2.75) is 264 Å². The van der Waals surface area contributed by atoms with Gasteiger partial charge in [0.15, 0.2) is 0 Å². The fourth-order valence-corrected chi connectivity index (χ4v) is 9.38. The van der Waals surface area contributed by atoms with Crippen molar-refractivity contribution in [1.29, 1.82) is 0 Å². The molecule has 0 aliphatic rings. The van der Waals surface area contributed by atoms with Crippen molar-refractivity contribution in [3.63, 3.8) is 0 Å². The molecule has 462 valence electrons. The Morgan fingerprint density at radius 2 is 0.790 bits per heavy atom. The number of hydrogen-bond donors (Lipinski definition) is 2. The van der Waals surface area contributed by atoms with Gasteiger partial charge in [0.25, 0.3) is 0 Å². The number of nitrogens with zero attached hydrogens (tertiary/aromatic N) is 1. The number of nitrogens with one attached hydrogen (secondary N) is 1. The largest absolute Gasteiger partial charge is 0.472 e. The molecule has 3 atom stereocenters. The number of allylic oxidation sites excluding steroid dienone is 21. The van der Waals surface area contributed by atoms with E-state index in [1.165, 1.54) is 77.0 Å². The Balaban J connectivity index is 5.20. The lowest BCUT2D eigenvalue weighted by Crippen LogP contribution is -2.47. The van der Waals surface area contributed by atoms with Gasteiger partial charge in [0.2, 0.25) is 5.91 Å². The lowest BCUT2D eigenvalue weighted by molar-refractivity contribution is -0.870. The minimum absolute atomic E-state index is 0.0260. The minimum Gasteiger partial charge on any atom is -0.456 e. The topological polar surface area (TPSA) is 111 Å². The third kappa shape index (κ3) is 60.6. The summed E-state index contributed by atoms with van der Waals surface area (Å²) in [6.45, 7) is 6.74. The number of amides is 1. The lowest BCUT2D eigenvalue weighted by atomic mass is 10.0. The second-order valence-corrected chi connectivity index (χ2v) is 24.0. The van der Waals surface area contributed by atoms with Crippen molar-refractivity contribution in [2.75, 3.05) is 40.9 Å². The zero-order valence-electron chi connectivity index (χ0n) is 52.7. The predicted molar refractivity (Wildman–Crippen MR) is 350 cm³/mol. The van der Waals surface area contributed by atoms with Crippen LogP contribution in [0.5, 0.6) is 0 Å². The normalized spacial score (nSPS) is 14.5. The Kier molecular flexibility index (Phi) is 56.5. The van der Waals surface area contributed by atoms with E-state index in [0.717, 1.165) is 135 Å². The maximum Gasteiger partial charge on any atom is 0.472 e. The van der Waals surface area contributed by atoms with E-state index in [2.05, 4.69) is 148 Å². The molecule has 3 unspecified atom stereocenters. The van der Waals surface area contributed by atoms with Crippen molar-refractivity contribution in [2.24, 2.45) is 0 Å². The molecule has 2 N–H and O–H groups in total. The van der Waals surface area contributed by atoms with Gasteiger partial charge in [0, 0.05) is 12.8 Å². The number of esters is 1. The zero-order valence-corrected chi connectivity index (χ0v) is 53.6. The highest BCUT2D eigenvalue weighted by Gasteiger charge is 2.30. The van der Waals surface area contributed by atoms with E-state index in [0.29, 0.717) is 23.9 Å². The first-order chi connectivity index (χ1) is 39.4. The molecule has 9 nitrogen and oxygen atoms in total. The summed E-state index contributed by atoms with van der Waals surface area (Å²) < 4.78 is 30.7. The number of phosphoric acid groups is 1. The van der Waals surface area contributed by atoms with Gasteiger partial charge in [-0.1, -0.05) is 251 Å². The summed E-state index contributed by atoms with van der Waals surface area (Å²) in [6.07, 6.45) is 84.5. The molecule has 0 saturated carbocycles. The van der Waals surface area contributed by atoms with Crippen LogP contribution < -0.4 is 5.32 Å². The van der Waals surface area contributed by atoms with E-state index in [-0.39, 0.29) is 31.5 Å². The molecule has 0 aliphatic carbocycles. The minimum atomic E-state index is -4.47. The van der Waals surface area contributed by atoms with Crippen LogP contribution in [0.15, 0.2) is 134 Å². The van der Waals surface area contributed by atoms with Crippen molar-refractivity contribution in [3.05, 3.63) is 134 Å². The molecule has 0 saturated heterocycles. The molecule has 0 bridgehead atoms. The Morgan fingerprint density at radius 3 is 1.20 bits per heavy atom. The molecule has 0 rings (SSSR count). The molecular formula is C71H122N2O7P+. The summed E-state index contributed by atoms with van der Waals surface area (Å²) in [5, 5.41) is 3.05. The average Bonchev–Trinajstić information content (AvgIpc) is 3.44. The fraction of sp³-hybridized carbons (Fsp3) is 0.662. The fourth-order valence-electron chi connectivity index (χ4n) is 8.64. The summed E-state index contributed by atoms with van der Waals surface area (Å²) in [5.41, 5.74) is 0. The van der Waals surface area contributed by atoms with Gasteiger partial charge in [-0.15, -0.1) is 0 Å². The van der Waals surface area contributed by atoms with Crippen LogP contribution >= 0.6 is 7.82 Å². The molecule has 0 fully saturated rings. The second kappa shape index (κ2) is 59.3. The molecular weight excluding hydrogens is 1020 g/mol. The molecule has 10 heteroatoms. The van der Waals surface area contributed by atoms with Crippen LogP contribution in [0.1, 0.15) is 252 Å². The van der Waals surface area contributed by atoms with Crippen LogP contribution in [0.3, 0.4) is 0 Å². The number of ether oxygens (including phenoxy) is 1. The van der Waals surface area contributed by atoms with Gasteiger partial charge >= 0.3 is 13.8 Å². The van der Waals surface area contributed by atoms with E-state index < -0.39 is 20.0 Å². The van der Waals surface area contributed by atoms with Crippen LogP contribution in [-0.4, -0.2) is 74.3 Å². The number of rotatable bonds is 57. The van der Waals surface area contributed by atoms with E-state index in [1.807, 2.05) is 33.3 Å². The van der Waals surface area contributed by atoms with Crippen LogP contribution in [0.4, 0.5) is 0 Å². The first kappa shape index (κ1) is 77.2. The number of carbonyl (C=O) groups is 2. The van der Waals surface area contributed by atoms with Crippen LogP contribution in [0.25, 0.3) is 0 Å². The molecule has 0 aromatic carbocycles. The van der Waals surface area contributed by atoms with E-state index in [9.17, 15) is 19.0 Å². The third-order valence-electron chi connectivity index (χ3n) is 13.6. The number of quaternary nitrogens is 1. The Morgan fingerprint density at radius 1 is 0.444 bits per heavy atom. The molecule has 0 radical (unpaired) electrons. The number of unbranched alkanes of at least 4 members (excludes halogenated alkanes) is 21. The van der Waals surface area contributed by atoms with E-state index in [4.69, 9.17) is 13.8 Å².